The Labute approximate surface area is 132 Å². The van der Waals surface area contributed by atoms with Crippen molar-refractivity contribution in [2.24, 2.45) is 5.92 Å². The molecular weight excluding hydrogens is 276 g/mol. The summed E-state index contributed by atoms with van der Waals surface area (Å²) < 4.78 is 0. The third-order valence-electron chi connectivity index (χ3n) is 4.94. The van der Waals surface area contributed by atoms with Gasteiger partial charge in [0.15, 0.2) is 0 Å². The fraction of sp³-hybridized carbons (Fsp3) is 0.556. The molecule has 0 aliphatic carbocycles. The number of amides is 2. The second-order valence-electron chi connectivity index (χ2n) is 6.38. The van der Waals surface area contributed by atoms with Gasteiger partial charge in [-0.1, -0.05) is 37.3 Å². The van der Waals surface area contributed by atoms with Crippen molar-refractivity contribution >= 4 is 11.8 Å². The van der Waals surface area contributed by atoms with Gasteiger partial charge < -0.3 is 9.80 Å². The first-order chi connectivity index (χ1) is 10.7. The van der Waals surface area contributed by atoms with Crippen LogP contribution in [0.1, 0.15) is 38.2 Å². The van der Waals surface area contributed by atoms with Crippen LogP contribution in [0.15, 0.2) is 30.3 Å². The number of benzene rings is 1. The maximum atomic E-state index is 12.5. The molecule has 0 saturated carbocycles. The van der Waals surface area contributed by atoms with Crippen LogP contribution in [0, 0.1) is 5.92 Å². The van der Waals surface area contributed by atoms with E-state index in [1.165, 1.54) is 0 Å². The molecule has 4 heteroatoms. The second-order valence-corrected chi connectivity index (χ2v) is 6.38. The minimum absolute atomic E-state index is 0.186. The Morgan fingerprint density at radius 2 is 2.00 bits per heavy atom. The van der Waals surface area contributed by atoms with Crippen LogP contribution < -0.4 is 0 Å². The second kappa shape index (κ2) is 6.51. The van der Waals surface area contributed by atoms with Gasteiger partial charge in [0.1, 0.15) is 0 Å². The molecule has 1 aromatic carbocycles. The van der Waals surface area contributed by atoms with Gasteiger partial charge in [-0.15, -0.1) is 0 Å². The van der Waals surface area contributed by atoms with Gasteiger partial charge in [0.25, 0.3) is 0 Å². The van der Waals surface area contributed by atoms with Gasteiger partial charge in [0.2, 0.25) is 11.8 Å². The summed E-state index contributed by atoms with van der Waals surface area (Å²) in [6.45, 7) is 4.09. The first-order valence-corrected chi connectivity index (χ1v) is 8.30. The summed E-state index contributed by atoms with van der Waals surface area (Å²) in [5.74, 6) is 0.882. The lowest BCUT2D eigenvalue weighted by molar-refractivity contribution is -0.135. The van der Waals surface area contributed by atoms with Crippen LogP contribution in [0.2, 0.25) is 0 Å². The van der Waals surface area contributed by atoms with Crippen molar-refractivity contribution in [3.8, 4) is 0 Å². The molecule has 1 aromatic rings. The molecule has 118 valence electrons. The van der Waals surface area contributed by atoms with E-state index in [1.807, 2.05) is 34.9 Å². The monoisotopic (exact) mass is 300 g/mol. The first kappa shape index (κ1) is 15.1. The van der Waals surface area contributed by atoms with E-state index in [9.17, 15) is 9.59 Å². The quantitative estimate of drug-likeness (QED) is 0.860. The van der Waals surface area contributed by atoms with Gasteiger partial charge in [-0.3, -0.25) is 9.59 Å². The SMILES string of the molecule is CCC(=O)N1C[C@H]2CCCC(=O)N(Cc3ccccc3)[C@H]2C1. The van der Waals surface area contributed by atoms with Gasteiger partial charge in [0, 0.05) is 32.5 Å². The molecule has 0 aromatic heterocycles. The Morgan fingerprint density at radius 1 is 1.23 bits per heavy atom. The number of nitrogens with zero attached hydrogens (tertiary/aromatic N) is 2. The van der Waals surface area contributed by atoms with Crippen molar-refractivity contribution in [3.63, 3.8) is 0 Å². The highest BCUT2D eigenvalue weighted by Crippen LogP contribution is 2.31. The number of fused-ring (bicyclic) bond motifs is 1. The topological polar surface area (TPSA) is 40.6 Å². The average Bonchev–Trinajstić information content (AvgIpc) is 2.91. The summed E-state index contributed by atoms with van der Waals surface area (Å²) in [5, 5.41) is 0. The molecule has 0 bridgehead atoms. The van der Waals surface area contributed by atoms with Crippen LogP contribution in [0.4, 0.5) is 0 Å². The molecule has 2 heterocycles. The lowest BCUT2D eigenvalue weighted by Gasteiger charge is -2.30. The van der Waals surface area contributed by atoms with E-state index in [-0.39, 0.29) is 17.9 Å². The highest BCUT2D eigenvalue weighted by atomic mass is 16.2. The predicted molar refractivity (Wildman–Crippen MR) is 85.0 cm³/mol. The number of carbonyl (C=O) groups is 2. The van der Waals surface area contributed by atoms with Crippen LogP contribution in [0.3, 0.4) is 0 Å². The third kappa shape index (κ3) is 3.01. The van der Waals surface area contributed by atoms with Crippen LogP contribution in [0.5, 0.6) is 0 Å². The summed E-state index contributed by atoms with van der Waals surface area (Å²) in [5.41, 5.74) is 1.16. The number of rotatable bonds is 3. The van der Waals surface area contributed by atoms with Gasteiger partial charge in [-0.05, 0) is 24.3 Å². The minimum Gasteiger partial charge on any atom is -0.340 e. The molecule has 2 aliphatic rings. The number of likely N-dealkylation sites (tertiary alicyclic amines) is 2. The minimum atomic E-state index is 0.186. The van der Waals surface area contributed by atoms with Crippen molar-refractivity contribution < 1.29 is 9.59 Å². The fourth-order valence-electron chi connectivity index (χ4n) is 3.75. The van der Waals surface area contributed by atoms with E-state index >= 15 is 0 Å². The average molecular weight is 300 g/mol. The Bertz CT molecular complexity index is 543. The van der Waals surface area contributed by atoms with Gasteiger partial charge in [0.05, 0.1) is 6.04 Å². The molecule has 2 saturated heterocycles. The maximum Gasteiger partial charge on any atom is 0.223 e. The van der Waals surface area contributed by atoms with E-state index in [4.69, 9.17) is 0 Å². The zero-order valence-corrected chi connectivity index (χ0v) is 13.2. The lowest BCUT2D eigenvalue weighted by Crippen LogP contribution is -2.43. The molecule has 0 N–H and O–H groups in total. The Hall–Kier alpha value is -1.84. The molecule has 0 radical (unpaired) electrons. The summed E-state index contributed by atoms with van der Waals surface area (Å²) >= 11 is 0. The number of hydrogen-bond donors (Lipinski definition) is 0. The summed E-state index contributed by atoms with van der Waals surface area (Å²) in [7, 11) is 0. The van der Waals surface area contributed by atoms with E-state index in [2.05, 4.69) is 12.1 Å². The smallest absolute Gasteiger partial charge is 0.223 e. The van der Waals surface area contributed by atoms with Crippen LogP contribution in [-0.4, -0.2) is 40.7 Å². The largest absolute Gasteiger partial charge is 0.340 e. The molecule has 3 rings (SSSR count). The Kier molecular flexibility index (Phi) is 4.46. The third-order valence-corrected chi connectivity index (χ3v) is 4.94. The van der Waals surface area contributed by atoms with Crippen molar-refractivity contribution in [3.05, 3.63) is 35.9 Å². The molecule has 2 atom stereocenters. The zero-order chi connectivity index (χ0) is 15.5. The first-order valence-electron chi connectivity index (χ1n) is 8.30. The van der Waals surface area contributed by atoms with E-state index in [1.54, 1.807) is 0 Å². The van der Waals surface area contributed by atoms with Gasteiger partial charge in [-0.2, -0.15) is 0 Å². The highest BCUT2D eigenvalue weighted by molar-refractivity contribution is 5.78. The molecule has 4 nitrogen and oxygen atoms in total. The molecular formula is C18H24N2O2. The molecule has 2 amide bonds. The van der Waals surface area contributed by atoms with Crippen molar-refractivity contribution in [1.82, 2.24) is 9.80 Å². The Morgan fingerprint density at radius 3 is 2.73 bits per heavy atom. The van der Waals surface area contributed by atoms with Gasteiger partial charge in [-0.25, -0.2) is 0 Å². The van der Waals surface area contributed by atoms with Crippen LogP contribution in [0.25, 0.3) is 0 Å². The molecule has 22 heavy (non-hydrogen) atoms. The van der Waals surface area contributed by atoms with Gasteiger partial charge >= 0.3 is 0 Å². The zero-order valence-electron chi connectivity index (χ0n) is 13.2. The van der Waals surface area contributed by atoms with Crippen molar-refractivity contribution in [1.29, 1.82) is 0 Å². The van der Waals surface area contributed by atoms with E-state index in [0.29, 0.717) is 31.8 Å². The molecule has 0 spiro atoms. The maximum absolute atomic E-state index is 12.5. The molecule has 2 fully saturated rings. The normalized spacial score (nSPS) is 25.0. The van der Waals surface area contributed by atoms with Crippen LogP contribution >= 0.6 is 0 Å². The van der Waals surface area contributed by atoms with E-state index < -0.39 is 0 Å². The lowest BCUT2D eigenvalue weighted by atomic mass is 9.98. The van der Waals surface area contributed by atoms with Crippen LogP contribution in [-0.2, 0) is 16.1 Å². The fourth-order valence-corrected chi connectivity index (χ4v) is 3.75. The standard InChI is InChI=1S/C18H24N2O2/c1-2-17(21)19-12-15-9-6-10-18(22)20(16(15)13-19)11-14-7-4-3-5-8-14/h3-5,7-8,15-16H,2,6,9-13H2,1H3/t15-,16+/m1/s1. The predicted octanol–water partition coefficient (Wildman–Crippen LogP) is 2.44. The van der Waals surface area contributed by atoms with E-state index in [0.717, 1.165) is 24.9 Å². The molecule has 0 unspecified atom stereocenters. The van der Waals surface area contributed by atoms with Crippen molar-refractivity contribution in [2.45, 2.75) is 45.2 Å². The molecule has 2 aliphatic heterocycles. The van der Waals surface area contributed by atoms with Crippen molar-refractivity contribution in [2.75, 3.05) is 13.1 Å². The Balaban J connectivity index is 1.79. The summed E-state index contributed by atoms with van der Waals surface area (Å²) in [6.07, 6.45) is 3.18. The summed E-state index contributed by atoms with van der Waals surface area (Å²) in [6, 6.07) is 10.3. The summed E-state index contributed by atoms with van der Waals surface area (Å²) in [4.78, 5) is 28.5. The number of carbonyl (C=O) groups excluding carboxylic acids is 2. The number of hydrogen-bond acceptors (Lipinski definition) is 2. The highest BCUT2D eigenvalue weighted by Gasteiger charge is 2.41.